The van der Waals surface area contributed by atoms with Gasteiger partial charge in [0.2, 0.25) is 0 Å². The van der Waals surface area contributed by atoms with Crippen LogP contribution in [-0.2, 0) is 0 Å². The van der Waals surface area contributed by atoms with Crippen molar-refractivity contribution in [3.63, 3.8) is 0 Å². The highest BCUT2D eigenvalue weighted by Gasteiger charge is 2.36. The van der Waals surface area contributed by atoms with Crippen LogP contribution in [0.2, 0.25) is 0 Å². The van der Waals surface area contributed by atoms with Crippen LogP contribution in [0.1, 0.15) is 38.5 Å². The Balaban J connectivity index is 1.54. The Kier molecular flexibility index (Phi) is 3.69. The molecule has 0 bridgehead atoms. The van der Waals surface area contributed by atoms with Gasteiger partial charge in [0.05, 0.1) is 0 Å². The van der Waals surface area contributed by atoms with Gasteiger partial charge in [-0.3, -0.25) is 0 Å². The number of hydrogen-bond donors (Lipinski definition) is 2. The molecule has 17 heavy (non-hydrogen) atoms. The molecule has 2 heterocycles. The second-order valence-electron chi connectivity index (χ2n) is 6.32. The summed E-state index contributed by atoms with van der Waals surface area (Å²) in [5, 5.41) is 7.67. The zero-order valence-electron chi connectivity index (χ0n) is 11.1. The van der Waals surface area contributed by atoms with Crippen LogP contribution in [0, 0.1) is 5.92 Å². The van der Waals surface area contributed by atoms with Crippen molar-refractivity contribution in [3.05, 3.63) is 0 Å². The predicted molar refractivity (Wildman–Crippen MR) is 71.2 cm³/mol. The molecular formula is C14H27N3. The van der Waals surface area contributed by atoms with Gasteiger partial charge in [-0.2, -0.15) is 0 Å². The largest absolute Gasteiger partial charge is 0.314 e. The molecule has 0 spiro atoms. The van der Waals surface area contributed by atoms with Crippen LogP contribution in [0.15, 0.2) is 0 Å². The van der Waals surface area contributed by atoms with E-state index in [0.717, 1.165) is 24.0 Å². The van der Waals surface area contributed by atoms with Crippen LogP contribution in [0.25, 0.3) is 0 Å². The van der Waals surface area contributed by atoms with Crippen molar-refractivity contribution in [2.45, 2.75) is 56.7 Å². The topological polar surface area (TPSA) is 27.3 Å². The van der Waals surface area contributed by atoms with E-state index in [4.69, 9.17) is 0 Å². The fraction of sp³-hybridized carbons (Fsp3) is 1.00. The molecule has 4 atom stereocenters. The molecule has 3 nitrogen and oxygen atoms in total. The summed E-state index contributed by atoms with van der Waals surface area (Å²) < 4.78 is 0. The summed E-state index contributed by atoms with van der Waals surface area (Å²) in [5.41, 5.74) is 0. The molecule has 1 saturated carbocycles. The van der Waals surface area contributed by atoms with Crippen LogP contribution in [-0.4, -0.2) is 49.7 Å². The summed E-state index contributed by atoms with van der Waals surface area (Å²) in [4.78, 5) is 2.45. The Bertz CT molecular complexity index is 250. The minimum atomic E-state index is 0.756. The normalized spacial score (nSPS) is 43.6. The summed E-state index contributed by atoms with van der Waals surface area (Å²) in [6.45, 7) is 3.78. The van der Waals surface area contributed by atoms with E-state index >= 15 is 0 Å². The van der Waals surface area contributed by atoms with Crippen molar-refractivity contribution in [1.29, 1.82) is 0 Å². The summed E-state index contributed by atoms with van der Waals surface area (Å²) in [6, 6.07) is 2.36. The molecule has 4 unspecified atom stereocenters. The van der Waals surface area contributed by atoms with Crippen molar-refractivity contribution in [2.75, 3.05) is 26.7 Å². The zero-order valence-corrected chi connectivity index (χ0v) is 11.1. The van der Waals surface area contributed by atoms with Crippen LogP contribution < -0.4 is 10.6 Å². The first-order valence-electron chi connectivity index (χ1n) is 7.51. The first-order valence-corrected chi connectivity index (χ1v) is 7.51. The lowest BCUT2D eigenvalue weighted by Gasteiger charge is -2.29. The summed E-state index contributed by atoms with van der Waals surface area (Å²) in [5.74, 6) is 0.906. The number of rotatable bonds is 3. The lowest BCUT2D eigenvalue weighted by atomic mass is 9.92. The van der Waals surface area contributed by atoms with Crippen LogP contribution in [0.5, 0.6) is 0 Å². The lowest BCUT2D eigenvalue weighted by molar-refractivity contribution is 0.294. The minimum Gasteiger partial charge on any atom is -0.314 e. The van der Waals surface area contributed by atoms with E-state index in [1.807, 2.05) is 0 Å². The monoisotopic (exact) mass is 237 g/mol. The average molecular weight is 237 g/mol. The number of hydrogen-bond acceptors (Lipinski definition) is 3. The fourth-order valence-corrected chi connectivity index (χ4v) is 4.13. The molecule has 1 aliphatic carbocycles. The maximum Gasteiger partial charge on any atom is 0.0209 e. The van der Waals surface area contributed by atoms with Gasteiger partial charge >= 0.3 is 0 Å². The summed E-state index contributed by atoms with van der Waals surface area (Å²) >= 11 is 0. The quantitative estimate of drug-likeness (QED) is 0.772. The second kappa shape index (κ2) is 5.25. The van der Waals surface area contributed by atoms with E-state index in [2.05, 4.69) is 22.6 Å². The summed E-state index contributed by atoms with van der Waals surface area (Å²) in [7, 11) is 2.24. The number of nitrogens with one attached hydrogen (secondary N) is 2. The molecule has 0 aromatic rings. The Hall–Kier alpha value is -0.120. The first-order chi connectivity index (χ1) is 8.33. The van der Waals surface area contributed by atoms with Crippen molar-refractivity contribution in [2.24, 2.45) is 5.92 Å². The average Bonchev–Trinajstić information content (AvgIpc) is 3.00. The van der Waals surface area contributed by atoms with E-state index in [9.17, 15) is 0 Å². The second-order valence-corrected chi connectivity index (χ2v) is 6.32. The van der Waals surface area contributed by atoms with E-state index < -0.39 is 0 Å². The van der Waals surface area contributed by atoms with Gasteiger partial charge in [-0.05, 0) is 58.2 Å². The molecule has 2 saturated heterocycles. The van der Waals surface area contributed by atoms with Gasteiger partial charge in [0.1, 0.15) is 0 Å². The molecule has 0 aromatic heterocycles. The van der Waals surface area contributed by atoms with Gasteiger partial charge in [-0.1, -0.05) is 6.42 Å². The molecule has 2 N–H and O–H groups in total. The third-order valence-electron chi connectivity index (χ3n) is 5.03. The molecule has 3 heteroatoms. The van der Waals surface area contributed by atoms with Crippen molar-refractivity contribution in [1.82, 2.24) is 15.5 Å². The van der Waals surface area contributed by atoms with Crippen molar-refractivity contribution < 1.29 is 0 Å². The van der Waals surface area contributed by atoms with E-state index in [0.29, 0.717) is 0 Å². The van der Waals surface area contributed by atoms with Gasteiger partial charge in [-0.25, -0.2) is 0 Å². The van der Waals surface area contributed by atoms with Gasteiger partial charge in [0, 0.05) is 24.7 Å². The van der Waals surface area contributed by atoms with E-state index in [1.165, 1.54) is 58.2 Å². The van der Waals surface area contributed by atoms with Gasteiger partial charge in [0.15, 0.2) is 0 Å². The maximum atomic E-state index is 3.95. The maximum absolute atomic E-state index is 3.95. The Morgan fingerprint density at radius 2 is 2.06 bits per heavy atom. The third kappa shape index (κ3) is 2.67. The van der Waals surface area contributed by atoms with Crippen LogP contribution in [0.3, 0.4) is 0 Å². The van der Waals surface area contributed by atoms with E-state index in [1.54, 1.807) is 0 Å². The van der Waals surface area contributed by atoms with Crippen LogP contribution in [0.4, 0.5) is 0 Å². The van der Waals surface area contributed by atoms with E-state index in [-0.39, 0.29) is 0 Å². The molecule has 0 amide bonds. The number of nitrogens with zero attached hydrogens (tertiary/aromatic N) is 1. The van der Waals surface area contributed by atoms with Gasteiger partial charge in [0.25, 0.3) is 0 Å². The molecule has 3 rings (SSSR count). The molecule has 98 valence electrons. The molecule has 3 fully saturated rings. The third-order valence-corrected chi connectivity index (χ3v) is 5.03. The number of likely N-dealkylation sites (tertiary alicyclic amines) is 1. The molecule has 3 aliphatic rings. The Morgan fingerprint density at radius 1 is 1.12 bits per heavy atom. The minimum absolute atomic E-state index is 0.756. The fourth-order valence-electron chi connectivity index (χ4n) is 4.13. The van der Waals surface area contributed by atoms with Crippen molar-refractivity contribution >= 4 is 0 Å². The molecule has 2 aliphatic heterocycles. The standard InChI is InChI=1S/C14H27N3/c1-17-9-7-11(10-17)16-14-5-2-4-12(14)13-6-3-8-15-13/h11-16H,2-10H2,1H3. The number of likely N-dealkylation sites (N-methyl/N-ethyl adjacent to an activating group) is 1. The predicted octanol–water partition coefficient (Wildman–Crippen LogP) is 1.20. The van der Waals surface area contributed by atoms with Crippen molar-refractivity contribution in [3.8, 4) is 0 Å². The smallest absolute Gasteiger partial charge is 0.0209 e. The first kappa shape index (κ1) is 11.9. The summed E-state index contributed by atoms with van der Waals surface area (Å²) in [6.07, 6.45) is 8.43. The van der Waals surface area contributed by atoms with Gasteiger partial charge < -0.3 is 15.5 Å². The lowest BCUT2D eigenvalue weighted by Crippen LogP contribution is -2.46. The van der Waals surface area contributed by atoms with Gasteiger partial charge in [-0.15, -0.1) is 0 Å². The SMILES string of the molecule is CN1CCC(NC2CCCC2C2CCCN2)C1. The Labute approximate surface area is 105 Å². The highest BCUT2D eigenvalue weighted by molar-refractivity contribution is 4.95. The highest BCUT2D eigenvalue weighted by Crippen LogP contribution is 2.32. The zero-order chi connectivity index (χ0) is 11.7. The molecule has 0 aromatic carbocycles. The highest BCUT2D eigenvalue weighted by atomic mass is 15.2. The van der Waals surface area contributed by atoms with Crippen LogP contribution >= 0.6 is 0 Å². The Morgan fingerprint density at radius 3 is 2.76 bits per heavy atom. The molecule has 0 radical (unpaired) electrons. The molecular weight excluding hydrogens is 210 g/mol.